The van der Waals surface area contributed by atoms with E-state index in [0.29, 0.717) is 6.54 Å². The predicted octanol–water partition coefficient (Wildman–Crippen LogP) is 2.29. The summed E-state index contributed by atoms with van der Waals surface area (Å²) < 4.78 is 1.96. The summed E-state index contributed by atoms with van der Waals surface area (Å²) in [5.74, 6) is 0. The van der Waals surface area contributed by atoms with Crippen LogP contribution in [0.15, 0.2) is 30.5 Å². The van der Waals surface area contributed by atoms with Crippen molar-refractivity contribution in [2.75, 3.05) is 6.61 Å². The zero-order valence-electron chi connectivity index (χ0n) is 7.07. The zero-order chi connectivity index (χ0) is 9.26. The normalized spacial score (nSPS) is 10.9. The Morgan fingerprint density at radius 3 is 2.92 bits per heavy atom. The van der Waals surface area contributed by atoms with Crippen LogP contribution in [-0.2, 0) is 6.54 Å². The van der Waals surface area contributed by atoms with Gasteiger partial charge in [0.05, 0.1) is 17.1 Å². The molecule has 0 spiro atoms. The number of fused-ring (bicyclic) bond motifs is 1. The van der Waals surface area contributed by atoms with E-state index >= 15 is 0 Å². The molecule has 0 fully saturated rings. The first-order chi connectivity index (χ1) is 6.33. The van der Waals surface area contributed by atoms with Crippen molar-refractivity contribution in [1.29, 1.82) is 0 Å². The van der Waals surface area contributed by atoms with Gasteiger partial charge in [-0.3, -0.25) is 0 Å². The fraction of sp³-hybridized carbons (Fsp3) is 0.200. The number of rotatable bonds is 2. The Balaban J connectivity index is 2.64. The minimum atomic E-state index is 0.134. The highest BCUT2D eigenvalue weighted by Crippen LogP contribution is 2.23. The van der Waals surface area contributed by atoms with Crippen molar-refractivity contribution in [2.24, 2.45) is 0 Å². The van der Waals surface area contributed by atoms with Gasteiger partial charge >= 0.3 is 0 Å². The molecule has 0 unspecified atom stereocenters. The van der Waals surface area contributed by atoms with E-state index in [-0.39, 0.29) is 6.61 Å². The van der Waals surface area contributed by atoms with Gasteiger partial charge in [0.15, 0.2) is 0 Å². The van der Waals surface area contributed by atoms with Crippen molar-refractivity contribution in [2.45, 2.75) is 6.54 Å². The van der Waals surface area contributed by atoms with Crippen molar-refractivity contribution in [3.05, 3.63) is 35.5 Å². The first kappa shape index (κ1) is 8.60. The number of para-hydroxylation sites is 1. The Morgan fingerprint density at radius 1 is 1.31 bits per heavy atom. The monoisotopic (exact) mass is 195 g/mol. The number of aromatic nitrogens is 1. The maximum Gasteiger partial charge on any atom is 0.0670 e. The van der Waals surface area contributed by atoms with Gasteiger partial charge in [0.2, 0.25) is 0 Å². The van der Waals surface area contributed by atoms with E-state index in [1.807, 2.05) is 35.0 Å². The van der Waals surface area contributed by atoms with Gasteiger partial charge in [-0.1, -0.05) is 23.7 Å². The van der Waals surface area contributed by atoms with Gasteiger partial charge in [0, 0.05) is 18.1 Å². The maximum atomic E-state index is 8.82. The highest BCUT2D eigenvalue weighted by molar-refractivity contribution is 6.35. The van der Waals surface area contributed by atoms with Gasteiger partial charge < -0.3 is 9.67 Å². The highest BCUT2D eigenvalue weighted by atomic mass is 35.5. The predicted molar refractivity (Wildman–Crippen MR) is 54.0 cm³/mol. The molecule has 0 aliphatic carbocycles. The molecular formula is C10H10ClNO. The van der Waals surface area contributed by atoms with Gasteiger partial charge in [-0.15, -0.1) is 0 Å². The molecule has 0 saturated heterocycles. The molecule has 13 heavy (non-hydrogen) atoms. The second kappa shape index (κ2) is 3.40. The topological polar surface area (TPSA) is 25.2 Å². The molecule has 1 aromatic carbocycles. The smallest absolute Gasteiger partial charge is 0.0670 e. The molecule has 1 aromatic heterocycles. The summed E-state index contributed by atoms with van der Waals surface area (Å²) >= 11 is 6.04. The van der Waals surface area contributed by atoms with Crippen molar-refractivity contribution in [1.82, 2.24) is 4.57 Å². The Labute approximate surface area is 81.4 Å². The second-order valence-corrected chi connectivity index (χ2v) is 3.32. The van der Waals surface area contributed by atoms with E-state index < -0.39 is 0 Å². The van der Waals surface area contributed by atoms with Crippen LogP contribution in [0.1, 0.15) is 0 Å². The molecule has 0 radical (unpaired) electrons. The van der Waals surface area contributed by atoms with E-state index in [4.69, 9.17) is 16.7 Å². The van der Waals surface area contributed by atoms with Crippen molar-refractivity contribution in [3.8, 4) is 0 Å². The first-order valence-electron chi connectivity index (χ1n) is 4.17. The number of halogens is 1. The zero-order valence-corrected chi connectivity index (χ0v) is 7.83. The summed E-state index contributed by atoms with van der Waals surface area (Å²) in [7, 11) is 0. The molecule has 1 N–H and O–H groups in total. The molecule has 2 nitrogen and oxygen atoms in total. The summed E-state index contributed by atoms with van der Waals surface area (Å²) in [5, 5.41) is 10.7. The van der Waals surface area contributed by atoms with Crippen LogP contribution >= 0.6 is 11.6 Å². The molecular weight excluding hydrogens is 186 g/mol. The molecule has 2 rings (SSSR count). The van der Waals surface area contributed by atoms with Gasteiger partial charge in [-0.05, 0) is 12.1 Å². The number of benzene rings is 1. The quantitative estimate of drug-likeness (QED) is 0.782. The van der Waals surface area contributed by atoms with Crippen molar-refractivity contribution in [3.63, 3.8) is 0 Å². The first-order valence-corrected chi connectivity index (χ1v) is 4.55. The molecule has 0 atom stereocenters. The largest absolute Gasteiger partial charge is 0.395 e. The van der Waals surface area contributed by atoms with E-state index in [0.717, 1.165) is 15.9 Å². The van der Waals surface area contributed by atoms with Crippen LogP contribution in [0.5, 0.6) is 0 Å². The molecule has 3 heteroatoms. The van der Waals surface area contributed by atoms with Crippen LogP contribution in [0.25, 0.3) is 10.9 Å². The van der Waals surface area contributed by atoms with Crippen LogP contribution in [0.3, 0.4) is 0 Å². The molecule has 2 aromatic rings. The minimum Gasteiger partial charge on any atom is -0.395 e. The lowest BCUT2D eigenvalue weighted by atomic mass is 10.2. The molecule has 0 aliphatic rings. The third-order valence-electron chi connectivity index (χ3n) is 2.08. The fourth-order valence-corrected chi connectivity index (χ4v) is 1.80. The van der Waals surface area contributed by atoms with Crippen LogP contribution in [-0.4, -0.2) is 16.3 Å². The van der Waals surface area contributed by atoms with Crippen LogP contribution in [0, 0.1) is 0 Å². The van der Waals surface area contributed by atoms with Crippen LogP contribution < -0.4 is 0 Å². The summed E-state index contributed by atoms with van der Waals surface area (Å²) in [6.45, 7) is 0.724. The van der Waals surface area contributed by atoms with E-state index in [1.54, 1.807) is 0 Å². The Bertz CT molecular complexity index is 422. The number of aliphatic hydroxyl groups is 1. The summed E-state index contributed by atoms with van der Waals surface area (Å²) in [6, 6.07) is 7.79. The number of aliphatic hydroxyl groups excluding tert-OH is 1. The summed E-state index contributed by atoms with van der Waals surface area (Å²) in [6.07, 6.45) is 1.94. The molecule has 68 valence electrons. The Hall–Kier alpha value is -0.990. The van der Waals surface area contributed by atoms with Gasteiger partial charge in [-0.2, -0.15) is 0 Å². The molecule has 0 bridgehead atoms. The number of hydrogen-bond acceptors (Lipinski definition) is 1. The second-order valence-electron chi connectivity index (χ2n) is 2.91. The Morgan fingerprint density at radius 2 is 2.15 bits per heavy atom. The molecule has 0 aliphatic heterocycles. The standard InChI is InChI=1S/C10H10ClNO/c11-9-3-1-2-8-4-5-12(6-7-13)10(8)9/h1-5,13H,6-7H2. The Kier molecular flexibility index (Phi) is 2.25. The average Bonchev–Trinajstić information content (AvgIpc) is 2.51. The SMILES string of the molecule is OCCn1ccc2cccc(Cl)c21. The highest BCUT2D eigenvalue weighted by Gasteiger charge is 2.03. The summed E-state index contributed by atoms with van der Waals surface area (Å²) in [4.78, 5) is 0. The van der Waals surface area contributed by atoms with Crippen molar-refractivity contribution >= 4 is 22.5 Å². The third-order valence-corrected chi connectivity index (χ3v) is 2.39. The fourth-order valence-electron chi connectivity index (χ4n) is 1.51. The lowest BCUT2D eigenvalue weighted by Crippen LogP contribution is -1.99. The number of nitrogens with zero attached hydrogens (tertiary/aromatic N) is 1. The minimum absolute atomic E-state index is 0.134. The van der Waals surface area contributed by atoms with E-state index in [2.05, 4.69) is 0 Å². The molecule has 1 heterocycles. The van der Waals surface area contributed by atoms with Gasteiger partial charge in [-0.25, -0.2) is 0 Å². The van der Waals surface area contributed by atoms with E-state index in [9.17, 15) is 0 Å². The lowest BCUT2D eigenvalue weighted by molar-refractivity contribution is 0.278. The van der Waals surface area contributed by atoms with Gasteiger partial charge in [0.1, 0.15) is 0 Å². The van der Waals surface area contributed by atoms with E-state index in [1.165, 1.54) is 0 Å². The summed E-state index contributed by atoms with van der Waals surface area (Å²) in [5.41, 5.74) is 0.998. The maximum absolute atomic E-state index is 8.82. The third kappa shape index (κ3) is 1.43. The lowest BCUT2D eigenvalue weighted by Gasteiger charge is -2.03. The van der Waals surface area contributed by atoms with Crippen LogP contribution in [0.2, 0.25) is 5.02 Å². The average molecular weight is 196 g/mol. The number of hydrogen-bond donors (Lipinski definition) is 1. The van der Waals surface area contributed by atoms with Crippen molar-refractivity contribution < 1.29 is 5.11 Å². The van der Waals surface area contributed by atoms with Gasteiger partial charge in [0.25, 0.3) is 0 Å². The molecule has 0 saturated carbocycles. The van der Waals surface area contributed by atoms with Crippen LogP contribution in [0.4, 0.5) is 0 Å². The molecule has 0 amide bonds.